The minimum Gasteiger partial charge on any atom is -0.406 e. The molecule has 0 amide bonds. The summed E-state index contributed by atoms with van der Waals surface area (Å²) in [6, 6.07) is 1.72. The minimum absolute atomic E-state index is 0.167. The van der Waals surface area contributed by atoms with E-state index in [1.54, 1.807) is 12.3 Å². The van der Waals surface area contributed by atoms with Crippen molar-refractivity contribution in [3.8, 4) is 0 Å². The topological polar surface area (TPSA) is 48.0 Å². The quantitative estimate of drug-likeness (QED) is 0.728. The van der Waals surface area contributed by atoms with Crippen molar-refractivity contribution in [3.63, 3.8) is 0 Å². The molecule has 2 aromatic heterocycles. The number of fused-ring (bicyclic) bond motifs is 1. The van der Waals surface area contributed by atoms with Crippen LogP contribution in [0.2, 0.25) is 0 Å². The van der Waals surface area contributed by atoms with Crippen LogP contribution in [0.15, 0.2) is 25.9 Å². The molecule has 0 aliphatic heterocycles. The molecule has 0 saturated carbocycles. The lowest BCUT2D eigenvalue weighted by atomic mass is 10.4. The number of rotatable bonds is 2. The average molecular weight is 401 g/mol. The Kier molecular flexibility index (Phi) is 3.32. The molecule has 15 heavy (non-hydrogen) atoms. The zero-order chi connectivity index (χ0) is 11.0. The van der Waals surface area contributed by atoms with Gasteiger partial charge < -0.3 is 4.42 Å². The van der Waals surface area contributed by atoms with E-state index in [2.05, 4.69) is 52.8 Å². The van der Waals surface area contributed by atoms with Crippen LogP contribution in [-0.4, -0.2) is 14.9 Å². The third kappa shape index (κ3) is 2.05. The van der Waals surface area contributed by atoms with Gasteiger partial charge >= 0.3 is 5.76 Å². The molecule has 0 spiro atoms. The monoisotopic (exact) mass is 398 g/mol. The lowest BCUT2D eigenvalue weighted by Gasteiger charge is -2.05. The first kappa shape index (κ1) is 11.3. The van der Waals surface area contributed by atoms with Gasteiger partial charge in [-0.3, -0.25) is 0 Å². The smallest absolute Gasteiger partial charge is 0.406 e. The van der Waals surface area contributed by atoms with Crippen molar-refractivity contribution in [1.29, 1.82) is 0 Å². The van der Waals surface area contributed by atoms with Gasteiger partial charge in [0, 0.05) is 22.1 Å². The first-order valence-electron chi connectivity index (χ1n) is 4.00. The zero-order valence-electron chi connectivity index (χ0n) is 7.28. The van der Waals surface area contributed by atoms with Gasteiger partial charge in [0.2, 0.25) is 0 Å². The van der Waals surface area contributed by atoms with Crippen LogP contribution in [0.4, 0.5) is 0 Å². The second kappa shape index (κ2) is 4.39. The number of oxazole rings is 1. The highest BCUT2D eigenvalue weighted by Gasteiger charge is 2.16. The molecule has 0 radical (unpaired) electrons. The van der Waals surface area contributed by atoms with E-state index >= 15 is 0 Å². The summed E-state index contributed by atoms with van der Waals surface area (Å²) in [5, 5.41) is 0.597. The molecule has 2 heterocycles. The SMILES string of the molecule is O=c1oc2cc(Br)cnc2n1C(Br)CBr. The van der Waals surface area contributed by atoms with Gasteiger partial charge in [-0.1, -0.05) is 31.9 Å². The third-order valence-electron chi connectivity index (χ3n) is 1.83. The predicted molar refractivity (Wildman–Crippen MR) is 67.7 cm³/mol. The standard InChI is InChI=1S/C8H5Br3N2O2/c9-2-6(11)13-7-5(15-8(13)14)1-4(10)3-12-7/h1,3,6H,2H2. The van der Waals surface area contributed by atoms with Gasteiger partial charge in [-0.15, -0.1) is 0 Å². The highest BCUT2D eigenvalue weighted by Crippen LogP contribution is 2.22. The molecular weight excluding hydrogens is 396 g/mol. The molecule has 0 saturated heterocycles. The van der Waals surface area contributed by atoms with Crippen LogP contribution in [0.5, 0.6) is 0 Å². The number of hydrogen-bond donors (Lipinski definition) is 0. The second-order valence-electron chi connectivity index (χ2n) is 2.80. The molecule has 4 nitrogen and oxygen atoms in total. The summed E-state index contributed by atoms with van der Waals surface area (Å²) < 4.78 is 7.30. The number of aromatic nitrogens is 2. The van der Waals surface area contributed by atoms with E-state index in [1.807, 2.05) is 0 Å². The Labute approximate surface area is 110 Å². The number of alkyl halides is 2. The van der Waals surface area contributed by atoms with Crippen LogP contribution in [-0.2, 0) is 0 Å². The van der Waals surface area contributed by atoms with Crippen molar-refractivity contribution >= 4 is 59.0 Å². The summed E-state index contributed by atoms with van der Waals surface area (Å²) >= 11 is 9.91. The van der Waals surface area contributed by atoms with E-state index < -0.39 is 5.76 Å². The van der Waals surface area contributed by atoms with E-state index in [9.17, 15) is 4.79 Å². The van der Waals surface area contributed by atoms with Gasteiger partial charge in [-0.25, -0.2) is 14.3 Å². The molecule has 7 heteroatoms. The maximum absolute atomic E-state index is 11.5. The summed E-state index contributed by atoms with van der Waals surface area (Å²) in [5.74, 6) is -0.420. The fourth-order valence-corrected chi connectivity index (χ4v) is 2.18. The molecule has 2 aromatic rings. The molecule has 0 aliphatic carbocycles. The first-order chi connectivity index (χ1) is 7.13. The van der Waals surface area contributed by atoms with Crippen LogP contribution in [0.3, 0.4) is 0 Å². The molecule has 0 bridgehead atoms. The van der Waals surface area contributed by atoms with Gasteiger partial charge in [0.25, 0.3) is 0 Å². The van der Waals surface area contributed by atoms with Gasteiger partial charge in [-0.05, 0) is 15.9 Å². The fourth-order valence-electron chi connectivity index (χ4n) is 1.22. The normalized spacial score (nSPS) is 13.3. The van der Waals surface area contributed by atoms with Gasteiger partial charge in [0.05, 0.1) is 0 Å². The van der Waals surface area contributed by atoms with E-state index in [4.69, 9.17) is 4.42 Å². The van der Waals surface area contributed by atoms with Crippen molar-refractivity contribution in [2.75, 3.05) is 5.33 Å². The zero-order valence-corrected chi connectivity index (χ0v) is 12.0. The van der Waals surface area contributed by atoms with Crippen molar-refractivity contribution < 1.29 is 4.42 Å². The van der Waals surface area contributed by atoms with Crippen LogP contribution >= 0.6 is 47.8 Å². The van der Waals surface area contributed by atoms with Crippen LogP contribution in [0.1, 0.15) is 4.95 Å². The molecule has 0 aromatic carbocycles. The second-order valence-corrected chi connectivity index (χ2v) is 5.42. The van der Waals surface area contributed by atoms with E-state index in [0.29, 0.717) is 16.6 Å². The molecule has 1 atom stereocenters. The highest BCUT2D eigenvalue weighted by atomic mass is 79.9. The maximum atomic E-state index is 11.5. The number of nitrogens with zero attached hydrogens (tertiary/aromatic N) is 2. The van der Waals surface area contributed by atoms with E-state index in [1.165, 1.54) is 4.57 Å². The Morgan fingerprint density at radius 2 is 2.33 bits per heavy atom. The molecule has 2 rings (SSSR count). The molecule has 0 fully saturated rings. The predicted octanol–water partition coefficient (Wildman–Crippen LogP) is 3.04. The number of halogens is 3. The van der Waals surface area contributed by atoms with Crippen molar-refractivity contribution in [3.05, 3.63) is 27.3 Å². The Balaban J connectivity index is 2.74. The van der Waals surface area contributed by atoms with Crippen LogP contribution in [0, 0.1) is 0 Å². The summed E-state index contributed by atoms with van der Waals surface area (Å²) in [6.45, 7) is 0. The molecule has 1 unspecified atom stereocenters. The Bertz CT molecular complexity index is 548. The average Bonchev–Trinajstić information content (AvgIpc) is 2.52. The molecule has 0 N–H and O–H groups in total. The van der Waals surface area contributed by atoms with E-state index in [-0.39, 0.29) is 4.95 Å². The summed E-state index contributed by atoms with van der Waals surface area (Å²) in [6.07, 6.45) is 1.63. The van der Waals surface area contributed by atoms with Crippen LogP contribution in [0.25, 0.3) is 11.2 Å². The molecular formula is C8H5Br3N2O2. The minimum atomic E-state index is -0.420. The largest absolute Gasteiger partial charge is 0.422 e. The van der Waals surface area contributed by atoms with Crippen molar-refractivity contribution in [2.24, 2.45) is 0 Å². The Morgan fingerprint density at radius 1 is 1.60 bits per heavy atom. The van der Waals surface area contributed by atoms with Gasteiger partial charge in [0.15, 0.2) is 11.2 Å². The Morgan fingerprint density at radius 3 is 3.00 bits per heavy atom. The lowest BCUT2D eigenvalue weighted by Crippen LogP contribution is -2.17. The maximum Gasteiger partial charge on any atom is 0.422 e. The first-order valence-corrected chi connectivity index (χ1v) is 6.83. The Hall–Kier alpha value is -0.140. The van der Waals surface area contributed by atoms with Gasteiger partial charge in [0.1, 0.15) is 4.95 Å². The molecule has 0 aliphatic rings. The lowest BCUT2D eigenvalue weighted by molar-refractivity contribution is 0.513. The summed E-state index contributed by atoms with van der Waals surface area (Å²) in [4.78, 5) is 15.5. The highest BCUT2D eigenvalue weighted by molar-refractivity contribution is 9.11. The fraction of sp³-hybridized carbons (Fsp3) is 0.250. The van der Waals surface area contributed by atoms with Crippen LogP contribution < -0.4 is 5.76 Å². The summed E-state index contributed by atoms with van der Waals surface area (Å²) in [7, 11) is 0. The van der Waals surface area contributed by atoms with E-state index in [0.717, 1.165) is 4.47 Å². The third-order valence-corrected chi connectivity index (χ3v) is 4.48. The summed E-state index contributed by atoms with van der Waals surface area (Å²) in [5.41, 5.74) is 1.00. The number of pyridine rings is 1. The molecule has 80 valence electrons. The van der Waals surface area contributed by atoms with Crippen molar-refractivity contribution in [1.82, 2.24) is 9.55 Å². The van der Waals surface area contributed by atoms with Gasteiger partial charge in [-0.2, -0.15) is 0 Å². The van der Waals surface area contributed by atoms with Crippen molar-refractivity contribution in [2.45, 2.75) is 4.95 Å². The number of hydrogen-bond acceptors (Lipinski definition) is 3.